The molecule has 0 radical (unpaired) electrons. The van der Waals surface area contributed by atoms with E-state index < -0.39 is 0 Å². The molecule has 2 fully saturated rings. The van der Waals surface area contributed by atoms with Gasteiger partial charge < -0.3 is 9.88 Å². The second-order valence-corrected chi connectivity index (χ2v) is 8.92. The van der Waals surface area contributed by atoms with Crippen molar-refractivity contribution in [1.29, 1.82) is 0 Å². The van der Waals surface area contributed by atoms with Crippen molar-refractivity contribution >= 4 is 16.9 Å². The number of hydrogen-bond acceptors (Lipinski definition) is 3. The van der Waals surface area contributed by atoms with Crippen molar-refractivity contribution in [1.82, 2.24) is 19.9 Å². The molecule has 1 amide bonds. The highest BCUT2D eigenvalue weighted by molar-refractivity contribution is 5.78. The molecule has 0 bridgehead atoms. The number of amides is 1. The number of nitrogens with zero attached hydrogens (tertiary/aromatic N) is 3. The van der Waals surface area contributed by atoms with E-state index >= 15 is 0 Å². The normalized spacial score (nSPS) is 26.5. The highest BCUT2D eigenvalue weighted by Gasteiger charge is 2.40. The average Bonchev–Trinajstić information content (AvgIpc) is 3.30. The van der Waals surface area contributed by atoms with Gasteiger partial charge in [0.05, 0.1) is 5.69 Å². The molecule has 1 aliphatic carbocycles. The Morgan fingerprint density at radius 2 is 2.11 bits per heavy atom. The number of carbonyl (C=O) groups excluding carboxylic acids is 1. The van der Waals surface area contributed by atoms with E-state index in [0.29, 0.717) is 17.7 Å². The van der Waals surface area contributed by atoms with Crippen molar-refractivity contribution in [3.05, 3.63) is 24.3 Å². The lowest BCUT2D eigenvalue weighted by Gasteiger charge is -2.36. The van der Waals surface area contributed by atoms with Crippen molar-refractivity contribution in [3.63, 3.8) is 0 Å². The van der Waals surface area contributed by atoms with Gasteiger partial charge in [-0.3, -0.25) is 4.79 Å². The largest absolute Gasteiger partial charge is 0.346 e. The maximum atomic E-state index is 12.4. The van der Waals surface area contributed by atoms with Crippen LogP contribution in [0.5, 0.6) is 0 Å². The Morgan fingerprint density at radius 1 is 1.30 bits per heavy atom. The predicted octanol–water partition coefficient (Wildman–Crippen LogP) is 4.37. The highest BCUT2D eigenvalue weighted by Crippen LogP contribution is 2.45. The summed E-state index contributed by atoms with van der Waals surface area (Å²) in [5.74, 6) is 3.19. The third kappa shape index (κ3) is 3.61. The fourth-order valence-corrected chi connectivity index (χ4v) is 5.46. The van der Waals surface area contributed by atoms with Gasteiger partial charge in [0.1, 0.15) is 12.0 Å². The fraction of sp³-hybridized carbons (Fsp3) is 0.682. The molecule has 1 N–H and O–H groups in total. The molecular formula is C22H32N4O. The topological polar surface area (TPSA) is 61.9 Å². The molecule has 1 saturated heterocycles. The van der Waals surface area contributed by atoms with Gasteiger partial charge in [-0.05, 0) is 55.9 Å². The SMILES string of the molecule is CCC(CC1CC2CCN(C(=O)C(C)C)CC2C1)c1ncnc2[nH]ccc12. The van der Waals surface area contributed by atoms with Crippen molar-refractivity contribution in [3.8, 4) is 0 Å². The third-order valence-electron chi connectivity index (χ3n) is 6.85. The van der Waals surface area contributed by atoms with Crippen molar-refractivity contribution in [2.45, 2.75) is 58.8 Å². The lowest BCUT2D eigenvalue weighted by atomic mass is 9.87. The molecule has 2 aliphatic rings. The first-order valence-corrected chi connectivity index (χ1v) is 10.6. The van der Waals surface area contributed by atoms with Gasteiger partial charge in [0, 0.05) is 36.5 Å². The van der Waals surface area contributed by atoms with E-state index in [0.717, 1.165) is 37.0 Å². The molecule has 27 heavy (non-hydrogen) atoms. The van der Waals surface area contributed by atoms with Crippen LogP contribution in [0.25, 0.3) is 11.0 Å². The first-order chi connectivity index (χ1) is 13.1. The summed E-state index contributed by atoms with van der Waals surface area (Å²) in [5.41, 5.74) is 2.15. The average molecular weight is 369 g/mol. The molecule has 1 aliphatic heterocycles. The number of rotatable bonds is 5. The molecule has 4 atom stereocenters. The van der Waals surface area contributed by atoms with E-state index in [1.165, 1.54) is 36.8 Å². The third-order valence-corrected chi connectivity index (χ3v) is 6.85. The number of hydrogen-bond donors (Lipinski definition) is 1. The number of aromatic amines is 1. The van der Waals surface area contributed by atoms with E-state index in [2.05, 4.69) is 32.8 Å². The van der Waals surface area contributed by atoms with Crippen LogP contribution in [-0.2, 0) is 4.79 Å². The maximum Gasteiger partial charge on any atom is 0.225 e. The second-order valence-electron chi connectivity index (χ2n) is 8.92. The summed E-state index contributed by atoms with van der Waals surface area (Å²) >= 11 is 0. The lowest BCUT2D eigenvalue weighted by molar-refractivity contribution is -0.136. The van der Waals surface area contributed by atoms with Crippen LogP contribution in [0.15, 0.2) is 18.6 Å². The van der Waals surface area contributed by atoms with Crippen LogP contribution in [0.1, 0.15) is 64.5 Å². The summed E-state index contributed by atoms with van der Waals surface area (Å²) in [5, 5.41) is 1.17. The molecular weight excluding hydrogens is 336 g/mol. The minimum atomic E-state index is 0.116. The summed E-state index contributed by atoms with van der Waals surface area (Å²) in [6, 6.07) is 2.11. The van der Waals surface area contributed by atoms with Crippen LogP contribution >= 0.6 is 0 Å². The van der Waals surface area contributed by atoms with Crippen LogP contribution in [0.4, 0.5) is 0 Å². The smallest absolute Gasteiger partial charge is 0.225 e. The van der Waals surface area contributed by atoms with Gasteiger partial charge in [0.15, 0.2) is 0 Å². The zero-order chi connectivity index (χ0) is 19.0. The van der Waals surface area contributed by atoms with Gasteiger partial charge in [-0.2, -0.15) is 0 Å². The quantitative estimate of drug-likeness (QED) is 0.852. The Kier molecular flexibility index (Phi) is 5.20. The fourth-order valence-electron chi connectivity index (χ4n) is 5.46. The van der Waals surface area contributed by atoms with Crippen LogP contribution in [0.3, 0.4) is 0 Å². The van der Waals surface area contributed by atoms with Crippen molar-refractivity contribution < 1.29 is 4.79 Å². The number of carbonyl (C=O) groups is 1. The van der Waals surface area contributed by atoms with E-state index in [1.807, 2.05) is 20.0 Å². The van der Waals surface area contributed by atoms with E-state index in [1.54, 1.807) is 6.33 Å². The molecule has 2 aromatic heterocycles. The number of aromatic nitrogens is 3. The Balaban J connectivity index is 1.43. The van der Waals surface area contributed by atoms with Gasteiger partial charge >= 0.3 is 0 Å². The molecule has 2 aromatic rings. The van der Waals surface area contributed by atoms with Gasteiger partial charge in [-0.1, -0.05) is 20.8 Å². The van der Waals surface area contributed by atoms with E-state index in [-0.39, 0.29) is 5.92 Å². The maximum absolute atomic E-state index is 12.4. The Labute approximate surface area is 162 Å². The molecule has 5 heteroatoms. The summed E-state index contributed by atoms with van der Waals surface area (Å²) in [4.78, 5) is 26.7. The molecule has 4 unspecified atom stereocenters. The number of piperidine rings is 1. The number of likely N-dealkylation sites (tertiary alicyclic amines) is 1. The highest BCUT2D eigenvalue weighted by atomic mass is 16.2. The van der Waals surface area contributed by atoms with Gasteiger partial charge in [0.25, 0.3) is 0 Å². The molecule has 0 spiro atoms. The summed E-state index contributed by atoms with van der Waals surface area (Å²) < 4.78 is 0. The van der Waals surface area contributed by atoms with Crippen LogP contribution in [0, 0.1) is 23.7 Å². The second kappa shape index (κ2) is 7.61. The Bertz CT molecular complexity index is 798. The molecule has 4 rings (SSSR count). The van der Waals surface area contributed by atoms with Gasteiger partial charge in [0.2, 0.25) is 5.91 Å². The van der Waals surface area contributed by atoms with Crippen LogP contribution in [0.2, 0.25) is 0 Å². The number of fused-ring (bicyclic) bond motifs is 2. The van der Waals surface area contributed by atoms with E-state index in [4.69, 9.17) is 0 Å². The van der Waals surface area contributed by atoms with Crippen LogP contribution in [-0.4, -0.2) is 38.8 Å². The van der Waals surface area contributed by atoms with Gasteiger partial charge in [-0.25, -0.2) is 9.97 Å². The molecule has 5 nitrogen and oxygen atoms in total. The van der Waals surface area contributed by atoms with Crippen LogP contribution < -0.4 is 0 Å². The van der Waals surface area contributed by atoms with E-state index in [9.17, 15) is 4.79 Å². The molecule has 0 aromatic carbocycles. The molecule has 146 valence electrons. The van der Waals surface area contributed by atoms with Crippen molar-refractivity contribution in [2.24, 2.45) is 23.7 Å². The number of H-pyrrole nitrogens is 1. The monoisotopic (exact) mass is 368 g/mol. The molecule has 1 saturated carbocycles. The first-order valence-electron chi connectivity index (χ1n) is 10.6. The zero-order valence-electron chi connectivity index (χ0n) is 16.8. The summed E-state index contributed by atoms with van der Waals surface area (Å²) in [7, 11) is 0. The number of nitrogens with one attached hydrogen (secondary N) is 1. The Hall–Kier alpha value is -1.91. The minimum Gasteiger partial charge on any atom is -0.346 e. The summed E-state index contributed by atoms with van der Waals surface area (Å²) in [6.45, 7) is 8.24. The Morgan fingerprint density at radius 3 is 2.89 bits per heavy atom. The van der Waals surface area contributed by atoms with Crippen molar-refractivity contribution in [2.75, 3.05) is 13.1 Å². The lowest BCUT2D eigenvalue weighted by Crippen LogP contribution is -2.43. The zero-order valence-corrected chi connectivity index (χ0v) is 16.8. The standard InChI is InChI=1S/C22H32N4O/c1-4-16(20-19-5-7-23-21(19)25-13-24-20)9-15-10-17-6-8-26(12-18(17)11-15)22(27)14(2)3/h5,7,13-18H,4,6,8-12H2,1-3H3,(H,23,24,25). The molecule has 3 heterocycles. The van der Waals surface area contributed by atoms with Gasteiger partial charge in [-0.15, -0.1) is 0 Å². The first kappa shape index (κ1) is 18.5. The summed E-state index contributed by atoms with van der Waals surface area (Å²) in [6.07, 6.45) is 9.75. The minimum absolute atomic E-state index is 0.116. The predicted molar refractivity (Wildman–Crippen MR) is 107 cm³/mol.